The molecule has 3 aliphatic rings. The third-order valence-electron chi connectivity index (χ3n) is 13.3. The summed E-state index contributed by atoms with van der Waals surface area (Å²) in [5.41, 5.74) is 3.21. The summed E-state index contributed by atoms with van der Waals surface area (Å²) in [7, 11) is 0. The van der Waals surface area contributed by atoms with Crippen molar-refractivity contribution in [3.05, 3.63) is 137 Å². The van der Waals surface area contributed by atoms with E-state index in [0.29, 0.717) is 70.4 Å². The second kappa shape index (κ2) is 19.8. The maximum absolute atomic E-state index is 15.8. The molecule has 0 radical (unpaired) electrons. The van der Waals surface area contributed by atoms with Gasteiger partial charge in [-0.15, -0.1) is 0 Å². The van der Waals surface area contributed by atoms with Crippen molar-refractivity contribution in [2.24, 2.45) is 16.7 Å². The normalized spacial score (nSPS) is 18.5. The van der Waals surface area contributed by atoms with Crippen molar-refractivity contribution in [2.45, 2.75) is 94.8 Å². The highest BCUT2D eigenvalue weighted by Crippen LogP contribution is 2.57. The molecule has 1 atom stereocenters. The number of benzene rings is 3. The van der Waals surface area contributed by atoms with Crippen molar-refractivity contribution in [1.29, 1.82) is 5.26 Å². The molecule has 3 aliphatic carbocycles. The fourth-order valence-corrected chi connectivity index (χ4v) is 9.89. The fraction of sp³-hybridized carbons (Fsp3) is 0.377. The van der Waals surface area contributed by atoms with E-state index in [4.69, 9.17) is 26.1 Å². The summed E-state index contributed by atoms with van der Waals surface area (Å²) in [6.45, 7) is 9.59. The number of ketones is 3. The van der Waals surface area contributed by atoms with Gasteiger partial charge in [0, 0.05) is 61.9 Å². The summed E-state index contributed by atoms with van der Waals surface area (Å²) in [5, 5.41) is 10.2. The molecule has 7 nitrogen and oxygen atoms in total. The van der Waals surface area contributed by atoms with Crippen LogP contribution in [0.5, 0.6) is 11.5 Å². The highest BCUT2D eigenvalue weighted by atomic mass is 127. The molecule has 0 aliphatic heterocycles. The van der Waals surface area contributed by atoms with Gasteiger partial charge in [-0.25, -0.2) is 4.39 Å². The number of Topliss-reactive ketones (excluding diaryl/α,β-unsaturated/α-hetero) is 1. The highest BCUT2D eigenvalue weighted by Gasteiger charge is 2.50. The van der Waals surface area contributed by atoms with Crippen LogP contribution in [-0.4, -0.2) is 35.4 Å². The Hall–Kier alpha value is -5.13. The number of fused-ring (bicyclic) bond motifs is 1. The average Bonchev–Trinajstić information content (AvgIpc) is 3.98. The van der Waals surface area contributed by atoms with Gasteiger partial charge in [-0.2, -0.15) is 14.0 Å². The third kappa shape index (κ3) is 10.9. The number of carbonyl (C=O) groups excluding carboxylic acids is 3. The molecular formula is C53H51F3INO6S. The first-order chi connectivity index (χ1) is 30.9. The Balaban J connectivity index is 0.914. The summed E-state index contributed by atoms with van der Waals surface area (Å²) in [5.74, 6) is -0.0754. The summed E-state index contributed by atoms with van der Waals surface area (Å²) in [4.78, 5) is 38.2. The number of nitriles is 1. The molecule has 2 saturated carbocycles. The molecule has 0 bridgehead atoms. The van der Waals surface area contributed by atoms with E-state index < -0.39 is 26.6 Å². The number of allylic oxidation sites excluding steroid dienone is 6. The van der Waals surface area contributed by atoms with Crippen molar-refractivity contribution in [3.63, 3.8) is 0 Å². The van der Waals surface area contributed by atoms with Gasteiger partial charge >= 0.3 is 3.93 Å². The number of alkyl halides is 3. The van der Waals surface area contributed by atoms with Gasteiger partial charge in [-0.3, -0.25) is 9.59 Å². The molecule has 1 unspecified atom stereocenters. The van der Waals surface area contributed by atoms with E-state index >= 15 is 4.39 Å². The standard InChI is InChI=1S/C53H51F3INO6S/c1-5-46(60)40(17-8-32(2)59)42-30-63-48-27-39(16-18-41(42)48)62-22-6-7-33-10-14-38(15-11-33)52(20-21-52)31-64-47-19-13-35(25-45(47)54)43-28-49(65)37(26-50(61)51(43,3)4)23-34-9-12-36(29-58)44(24-34)53(55,56)57/h5,7,9,12-13,16,18-19,24-28,30,38,40H,1,6,8,10-11,14-15,17,20-23,31H2,2-4H3. The van der Waals surface area contributed by atoms with Gasteiger partial charge in [-0.1, -0.05) is 42.6 Å². The van der Waals surface area contributed by atoms with Crippen molar-refractivity contribution in [3.8, 4) is 17.6 Å². The molecule has 0 saturated heterocycles. The van der Waals surface area contributed by atoms with E-state index in [1.807, 2.05) is 24.3 Å². The van der Waals surface area contributed by atoms with Crippen molar-refractivity contribution < 1.29 is 41.4 Å². The molecule has 12 heteroatoms. The molecule has 338 valence electrons. The Bertz CT molecular complexity index is 2680. The van der Waals surface area contributed by atoms with Gasteiger partial charge in [0.05, 0.1) is 42.4 Å². The molecule has 0 spiro atoms. The minimum Gasteiger partial charge on any atom is -0.493 e. The third-order valence-corrected chi connectivity index (χ3v) is 14.3. The van der Waals surface area contributed by atoms with Gasteiger partial charge in [0.2, 0.25) is 0 Å². The van der Waals surface area contributed by atoms with Crippen molar-refractivity contribution >= 4 is 73.6 Å². The largest absolute Gasteiger partial charge is 0.493 e. The minimum absolute atomic E-state index is 0.0192. The fourth-order valence-electron chi connectivity index (χ4n) is 9.19. The molecule has 2 fully saturated rings. The van der Waals surface area contributed by atoms with Crippen LogP contribution in [-0.2, 0) is 24.7 Å². The molecule has 1 heterocycles. The Labute approximate surface area is 397 Å². The van der Waals surface area contributed by atoms with Crippen LogP contribution < -0.4 is 9.47 Å². The van der Waals surface area contributed by atoms with Crippen LogP contribution in [0.3, 0.4) is 0 Å². The van der Waals surface area contributed by atoms with Crippen molar-refractivity contribution in [1.82, 2.24) is 0 Å². The van der Waals surface area contributed by atoms with Gasteiger partial charge < -0.3 is 18.7 Å². The zero-order valence-electron chi connectivity index (χ0n) is 36.7. The predicted molar refractivity (Wildman–Crippen MR) is 258 cm³/mol. The smallest absolute Gasteiger partial charge is 0.322 e. The number of nitrogens with zero attached hydrogens (tertiary/aromatic N) is 1. The van der Waals surface area contributed by atoms with E-state index in [9.17, 15) is 28.4 Å². The maximum Gasteiger partial charge on any atom is 0.322 e. The number of rotatable bonds is 18. The molecule has 0 N–H and O–H groups in total. The Morgan fingerprint density at radius 1 is 1.08 bits per heavy atom. The second-order valence-electron chi connectivity index (χ2n) is 18.1. The summed E-state index contributed by atoms with van der Waals surface area (Å²) < 4.78 is 59.3. The van der Waals surface area contributed by atoms with Gasteiger partial charge in [-0.05, 0) is 161 Å². The lowest BCUT2D eigenvalue weighted by Crippen LogP contribution is -2.26. The predicted octanol–water partition coefficient (Wildman–Crippen LogP) is 13.4. The van der Waals surface area contributed by atoms with Gasteiger partial charge in [0.25, 0.3) is 0 Å². The number of furan rings is 1. The van der Waals surface area contributed by atoms with Crippen LogP contribution in [0, 0.1) is 33.9 Å². The molecule has 65 heavy (non-hydrogen) atoms. The number of halogens is 4. The van der Waals surface area contributed by atoms with Crippen LogP contribution in [0.15, 0.2) is 107 Å². The van der Waals surface area contributed by atoms with E-state index in [-0.39, 0.29) is 40.5 Å². The van der Waals surface area contributed by atoms with E-state index in [0.717, 1.165) is 78.5 Å². The Morgan fingerprint density at radius 2 is 1.83 bits per heavy atom. The monoisotopic (exact) mass is 1010 g/mol. The molecular weight excluding hydrogens is 963 g/mol. The number of hydrogen-bond donors (Lipinski definition) is 0. The van der Waals surface area contributed by atoms with Crippen LogP contribution in [0.2, 0.25) is 0 Å². The summed E-state index contributed by atoms with van der Waals surface area (Å²) in [6, 6.07) is 16.4. The lowest BCUT2D eigenvalue weighted by Gasteiger charge is -2.31. The number of hydrogen-bond acceptors (Lipinski definition) is 8. The first kappa shape index (κ1) is 47.8. The van der Waals surface area contributed by atoms with E-state index in [1.54, 1.807) is 44.4 Å². The molecule has 1 aromatic heterocycles. The summed E-state index contributed by atoms with van der Waals surface area (Å²) in [6.07, 6.45) is 16.0. The Kier molecular flexibility index (Phi) is 14.5. The maximum atomic E-state index is 15.8. The highest BCUT2D eigenvalue weighted by molar-refractivity contribution is 14.1. The molecule has 0 amide bonds. The van der Waals surface area contributed by atoms with Crippen LogP contribution in [0.25, 0.3) is 16.5 Å². The SMILES string of the molecule is C=CC(=O)C(CCC(C)=O)c1coc2cc(OCCC=C3CCC(C4(COc5ccc(C6=CC(=S)C(Cc7ccc(C#N)c(C(F)(F)I)c7)=CC(=O)C6(C)C)cc5F)CC4)CC3)ccc12. The lowest BCUT2D eigenvalue weighted by atomic mass is 9.76. The summed E-state index contributed by atoms with van der Waals surface area (Å²) >= 11 is 6.76. The lowest BCUT2D eigenvalue weighted by molar-refractivity contribution is -0.120. The van der Waals surface area contributed by atoms with Gasteiger partial charge in [0.15, 0.2) is 23.1 Å². The number of ether oxygens (including phenoxy) is 2. The molecule has 4 aromatic rings. The van der Waals surface area contributed by atoms with Crippen molar-refractivity contribution in [2.75, 3.05) is 13.2 Å². The first-order valence-corrected chi connectivity index (χ1v) is 23.4. The average molecular weight is 1010 g/mol. The molecule has 3 aromatic carbocycles. The Morgan fingerprint density at radius 3 is 2.49 bits per heavy atom. The topological polar surface area (TPSA) is 107 Å². The number of carbonyl (C=O) groups is 3. The van der Waals surface area contributed by atoms with E-state index in [2.05, 4.69) is 12.7 Å². The first-order valence-electron chi connectivity index (χ1n) is 21.9. The van der Waals surface area contributed by atoms with Crippen LogP contribution >= 0.6 is 34.8 Å². The zero-order valence-corrected chi connectivity index (χ0v) is 39.7. The quantitative estimate of drug-likeness (QED) is 0.0242. The zero-order chi connectivity index (χ0) is 46.7. The second-order valence-corrected chi connectivity index (χ2v) is 19.9. The molecule has 7 rings (SSSR count). The van der Waals surface area contributed by atoms with E-state index in [1.165, 1.54) is 42.8 Å². The minimum atomic E-state index is -3.26. The van der Waals surface area contributed by atoms with Gasteiger partial charge in [0.1, 0.15) is 17.1 Å². The van der Waals surface area contributed by atoms with Crippen LogP contribution in [0.1, 0.15) is 112 Å². The van der Waals surface area contributed by atoms with Crippen LogP contribution in [0.4, 0.5) is 13.2 Å². The number of thiocarbonyl (C=S) groups is 1.